The maximum absolute atomic E-state index is 12.4. The van der Waals surface area contributed by atoms with Crippen LogP contribution >= 0.6 is 0 Å². The molecule has 0 radical (unpaired) electrons. The Labute approximate surface area is 113 Å². The highest BCUT2D eigenvalue weighted by Gasteiger charge is 2.34. The predicted octanol–water partition coefficient (Wildman–Crippen LogP) is 1.18. The summed E-state index contributed by atoms with van der Waals surface area (Å²) in [6.07, 6.45) is 1.69. The monoisotopic (exact) mass is 263 g/mol. The molecule has 1 atom stereocenters. The third-order valence-electron chi connectivity index (χ3n) is 3.14. The molecule has 104 valence electrons. The Morgan fingerprint density at radius 2 is 2.32 bits per heavy atom. The number of pyridine rings is 1. The van der Waals surface area contributed by atoms with Gasteiger partial charge in [0, 0.05) is 25.8 Å². The average molecular weight is 263 g/mol. The van der Waals surface area contributed by atoms with Crippen molar-refractivity contribution in [1.29, 1.82) is 0 Å². The zero-order chi connectivity index (χ0) is 14.0. The van der Waals surface area contributed by atoms with Gasteiger partial charge in [0.25, 0.3) is 5.91 Å². The van der Waals surface area contributed by atoms with Crippen LogP contribution in [0.5, 0.6) is 0 Å². The van der Waals surface area contributed by atoms with Crippen LogP contribution in [0.3, 0.4) is 0 Å². The minimum absolute atomic E-state index is 0.0380. The summed E-state index contributed by atoms with van der Waals surface area (Å²) < 4.78 is 5.80. The van der Waals surface area contributed by atoms with E-state index in [1.54, 1.807) is 17.2 Å². The van der Waals surface area contributed by atoms with Crippen LogP contribution in [0.1, 0.15) is 36.8 Å². The summed E-state index contributed by atoms with van der Waals surface area (Å²) in [6.45, 7) is 7.58. The van der Waals surface area contributed by atoms with Crippen LogP contribution in [0, 0.1) is 0 Å². The maximum atomic E-state index is 12.4. The van der Waals surface area contributed by atoms with Crippen LogP contribution in [0.25, 0.3) is 0 Å². The molecule has 2 heterocycles. The van der Waals surface area contributed by atoms with E-state index >= 15 is 0 Å². The van der Waals surface area contributed by atoms with Gasteiger partial charge in [0.05, 0.1) is 11.7 Å². The number of carbonyl (C=O) groups excluding carboxylic acids is 1. The second-order valence-corrected chi connectivity index (χ2v) is 5.63. The number of aromatic nitrogens is 1. The molecule has 1 saturated heterocycles. The first kappa shape index (κ1) is 14.0. The fourth-order valence-electron chi connectivity index (χ4n) is 2.44. The molecule has 1 aliphatic heterocycles. The second-order valence-electron chi connectivity index (χ2n) is 5.63. The summed E-state index contributed by atoms with van der Waals surface area (Å²) >= 11 is 0. The SMILES string of the molecule is CC1CN(C(=O)c2ccc(CN)cn2)CC(C)(C)O1. The van der Waals surface area contributed by atoms with Crippen molar-refractivity contribution in [3.8, 4) is 0 Å². The van der Waals surface area contributed by atoms with Gasteiger partial charge >= 0.3 is 0 Å². The lowest BCUT2D eigenvalue weighted by Crippen LogP contribution is -2.53. The number of rotatable bonds is 2. The summed E-state index contributed by atoms with van der Waals surface area (Å²) in [5.41, 5.74) is 6.59. The van der Waals surface area contributed by atoms with Gasteiger partial charge < -0.3 is 15.4 Å². The molecule has 0 saturated carbocycles. The number of hydrogen-bond acceptors (Lipinski definition) is 4. The van der Waals surface area contributed by atoms with E-state index in [0.29, 0.717) is 25.3 Å². The lowest BCUT2D eigenvalue weighted by atomic mass is 10.1. The zero-order valence-corrected chi connectivity index (χ0v) is 11.7. The Morgan fingerprint density at radius 3 is 2.84 bits per heavy atom. The van der Waals surface area contributed by atoms with Crippen LogP contribution < -0.4 is 5.73 Å². The Kier molecular flexibility index (Phi) is 3.87. The first-order valence-electron chi connectivity index (χ1n) is 6.53. The summed E-state index contributed by atoms with van der Waals surface area (Å²) in [5.74, 6) is -0.0493. The Bertz CT molecular complexity index is 456. The summed E-state index contributed by atoms with van der Waals surface area (Å²) in [7, 11) is 0. The van der Waals surface area contributed by atoms with E-state index in [1.807, 2.05) is 26.8 Å². The molecule has 5 nitrogen and oxygen atoms in total. The topological polar surface area (TPSA) is 68.5 Å². The van der Waals surface area contributed by atoms with Gasteiger partial charge in [0.1, 0.15) is 5.69 Å². The molecular weight excluding hydrogens is 242 g/mol. The van der Waals surface area contributed by atoms with Gasteiger partial charge in [-0.1, -0.05) is 6.07 Å². The molecule has 0 bridgehead atoms. The summed E-state index contributed by atoms with van der Waals surface area (Å²) in [6, 6.07) is 3.58. The molecule has 1 amide bonds. The van der Waals surface area contributed by atoms with Crippen molar-refractivity contribution < 1.29 is 9.53 Å². The third-order valence-corrected chi connectivity index (χ3v) is 3.14. The number of nitrogens with two attached hydrogens (primary N) is 1. The molecule has 19 heavy (non-hydrogen) atoms. The number of carbonyl (C=O) groups is 1. The van der Waals surface area contributed by atoms with Crippen molar-refractivity contribution in [2.75, 3.05) is 13.1 Å². The molecule has 1 fully saturated rings. The first-order valence-corrected chi connectivity index (χ1v) is 6.53. The molecule has 0 spiro atoms. The molecule has 0 aliphatic carbocycles. The Balaban J connectivity index is 2.14. The molecule has 5 heteroatoms. The van der Waals surface area contributed by atoms with Gasteiger partial charge in [-0.25, -0.2) is 0 Å². The fraction of sp³-hybridized carbons (Fsp3) is 0.571. The fourth-order valence-corrected chi connectivity index (χ4v) is 2.44. The quantitative estimate of drug-likeness (QED) is 0.870. The van der Waals surface area contributed by atoms with Crippen LogP contribution in [-0.4, -0.2) is 40.6 Å². The van der Waals surface area contributed by atoms with Crippen LogP contribution in [0.4, 0.5) is 0 Å². The Morgan fingerprint density at radius 1 is 1.58 bits per heavy atom. The number of nitrogens with zero attached hydrogens (tertiary/aromatic N) is 2. The van der Waals surface area contributed by atoms with Crippen molar-refractivity contribution in [3.05, 3.63) is 29.6 Å². The average Bonchev–Trinajstić information content (AvgIpc) is 2.35. The van der Waals surface area contributed by atoms with E-state index in [1.165, 1.54) is 0 Å². The number of hydrogen-bond donors (Lipinski definition) is 1. The number of amides is 1. The largest absolute Gasteiger partial charge is 0.369 e. The summed E-state index contributed by atoms with van der Waals surface area (Å²) in [4.78, 5) is 18.4. The van der Waals surface area contributed by atoms with E-state index in [9.17, 15) is 4.79 Å². The molecule has 0 aromatic carbocycles. The summed E-state index contributed by atoms with van der Waals surface area (Å²) in [5, 5.41) is 0. The number of ether oxygens (including phenoxy) is 1. The van der Waals surface area contributed by atoms with E-state index in [-0.39, 0.29) is 17.6 Å². The first-order chi connectivity index (χ1) is 8.91. The van der Waals surface area contributed by atoms with Crippen molar-refractivity contribution in [2.45, 2.75) is 39.0 Å². The normalized spacial score (nSPS) is 22.3. The van der Waals surface area contributed by atoms with Crippen LogP contribution in [0.2, 0.25) is 0 Å². The third kappa shape index (κ3) is 3.30. The Hall–Kier alpha value is -1.46. The number of morpholine rings is 1. The van der Waals surface area contributed by atoms with Crippen molar-refractivity contribution in [3.63, 3.8) is 0 Å². The van der Waals surface area contributed by atoms with Gasteiger partial charge in [-0.05, 0) is 32.4 Å². The molecule has 1 aromatic heterocycles. The van der Waals surface area contributed by atoms with E-state index in [0.717, 1.165) is 5.56 Å². The maximum Gasteiger partial charge on any atom is 0.272 e. The van der Waals surface area contributed by atoms with Crippen LogP contribution in [-0.2, 0) is 11.3 Å². The lowest BCUT2D eigenvalue weighted by molar-refractivity contribution is -0.118. The smallest absolute Gasteiger partial charge is 0.272 e. The van der Waals surface area contributed by atoms with Gasteiger partial charge in [0.15, 0.2) is 0 Å². The van der Waals surface area contributed by atoms with Crippen molar-refractivity contribution >= 4 is 5.91 Å². The van der Waals surface area contributed by atoms with Gasteiger partial charge in [-0.2, -0.15) is 0 Å². The van der Waals surface area contributed by atoms with E-state index < -0.39 is 0 Å². The zero-order valence-electron chi connectivity index (χ0n) is 11.7. The molecule has 1 aromatic rings. The van der Waals surface area contributed by atoms with Crippen LogP contribution in [0.15, 0.2) is 18.3 Å². The second kappa shape index (κ2) is 5.27. The molecule has 2 N–H and O–H groups in total. The highest BCUT2D eigenvalue weighted by Crippen LogP contribution is 2.21. The molecular formula is C14H21N3O2. The van der Waals surface area contributed by atoms with Crippen molar-refractivity contribution in [2.24, 2.45) is 5.73 Å². The predicted molar refractivity (Wildman–Crippen MR) is 72.7 cm³/mol. The van der Waals surface area contributed by atoms with Gasteiger partial charge in [-0.15, -0.1) is 0 Å². The minimum atomic E-state index is -0.315. The van der Waals surface area contributed by atoms with Gasteiger partial charge in [0.2, 0.25) is 0 Å². The van der Waals surface area contributed by atoms with Crippen molar-refractivity contribution in [1.82, 2.24) is 9.88 Å². The molecule has 2 rings (SSSR count). The van der Waals surface area contributed by atoms with Gasteiger partial charge in [-0.3, -0.25) is 9.78 Å². The minimum Gasteiger partial charge on any atom is -0.369 e. The molecule has 1 unspecified atom stereocenters. The lowest BCUT2D eigenvalue weighted by Gasteiger charge is -2.41. The van der Waals surface area contributed by atoms with E-state index in [2.05, 4.69) is 4.98 Å². The highest BCUT2D eigenvalue weighted by molar-refractivity contribution is 5.92. The molecule has 1 aliphatic rings. The van der Waals surface area contributed by atoms with E-state index in [4.69, 9.17) is 10.5 Å². The highest BCUT2D eigenvalue weighted by atomic mass is 16.5. The standard InChI is InChI=1S/C14H21N3O2/c1-10-8-17(9-14(2,3)19-10)13(18)12-5-4-11(6-15)7-16-12/h4-5,7,10H,6,8-9,15H2,1-3H3.